The SMILES string of the molecule is COc1cc2c(OC)c(-c3c(C)cc4c(C(=O)NC(C)c5ccc(Cl)cc5)c(OC)c(OC)cc4c3OC)c(C)cc2c(C(=O)NC(C)c2ccc(Cl)cc2)c1OC. The topological polar surface area (TPSA) is 114 Å². The molecule has 0 radical (unpaired) electrons. The van der Waals surface area contributed by atoms with E-state index in [4.69, 9.17) is 51.6 Å². The molecule has 6 aromatic carbocycles. The predicted molar refractivity (Wildman–Crippen MR) is 230 cm³/mol. The summed E-state index contributed by atoms with van der Waals surface area (Å²) in [5.41, 5.74) is 5.34. The highest BCUT2D eigenvalue weighted by Gasteiger charge is 2.31. The first-order chi connectivity index (χ1) is 27.8. The van der Waals surface area contributed by atoms with Gasteiger partial charge in [-0.1, -0.05) is 47.5 Å². The lowest BCUT2D eigenvalue weighted by atomic mass is 9.87. The highest BCUT2D eigenvalue weighted by Crippen LogP contribution is 2.52. The van der Waals surface area contributed by atoms with Gasteiger partial charge in [0.05, 0.1) is 65.9 Å². The molecule has 58 heavy (non-hydrogen) atoms. The second-order valence-corrected chi connectivity index (χ2v) is 14.7. The quantitative estimate of drug-likeness (QED) is 0.118. The Morgan fingerprint density at radius 1 is 0.483 bits per heavy atom. The normalized spacial score (nSPS) is 12.1. The van der Waals surface area contributed by atoms with Crippen LogP contribution in [0.15, 0.2) is 72.8 Å². The highest BCUT2D eigenvalue weighted by molar-refractivity contribution is 6.30. The van der Waals surface area contributed by atoms with Crippen LogP contribution in [0.5, 0.6) is 34.5 Å². The number of fused-ring (bicyclic) bond motifs is 2. The largest absolute Gasteiger partial charge is 0.495 e. The minimum Gasteiger partial charge on any atom is -0.495 e. The van der Waals surface area contributed by atoms with Crippen LogP contribution in [0, 0.1) is 13.8 Å². The predicted octanol–water partition coefficient (Wildman–Crippen LogP) is 10.6. The maximum absolute atomic E-state index is 14.3. The second kappa shape index (κ2) is 17.3. The van der Waals surface area contributed by atoms with Gasteiger partial charge in [-0.25, -0.2) is 0 Å². The van der Waals surface area contributed by atoms with E-state index in [1.54, 1.807) is 50.6 Å². The first-order valence-electron chi connectivity index (χ1n) is 18.5. The van der Waals surface area contributed by atoms with E-state index in [2.05, 4.69) is 10.6 Å². The summed E-state index contributed by atoms with van der Waals surface area (Å²) in [5, 5.41) is 9.84. The molecule has 0 aromatic heterocycles. The number of nitrogens with one attached hydrogen (secondary N) is 2. The third kappa shape index (κ3) is 7.62. The van der Waals surface area contributed by atoms with Crippen molar-refractivity contribution in [2.75, 3.05) is 42.7 Å². The lowest BCUT2D eigenvalue weighted by Crippen LogP contribution is -2.27. The molecule has 2 amide bonds. The Bertz CT molecular complexity index is 2360. The molecule has 2 N–H and O–H groups in total. The molecule has 0 saturated heterocycles. The number of amides is 2. The molecule has 0 aliphatic carbocycles. The number of halogens is 2. The summed E-state index contributed by atoms with van der Waals surface area (Å²) in [7, 11) is 9.20. The fourth-order valence-corrected chi connectivity index (χ4v) is 7.85. The van der Waals surface area contributed by atoms with Crippen LogP contribution in [0.4, 0.5) is 0 Å². The number of benzene rings is 6. The van der Waals surface area contributed by atoms with Crippen LogP contribution in [0.1, 0.15) is 68.9 Å². The van der Waals surface area contributed by atoms with Crippen LogP contribution in [-0.2, 0) is 0 Å². The fourth-order valence-electron chi connectivity index (χ4n) is 7.60. The van der Waals surface area contributed by atoms with Gasteiger partial charge in [-0.3, -0.25) is 9.59 Å². The molecule has 12 heteroatoms. The Balaban J connectivity index is 1.57. The summed E-state index contributed by atoms with van der Waals surface area (Å²) in [5.74, 6) is 1.47. The van der Waals surface area contributed by atoms with Gasteiger partial charge in [-0.2, -0.15) is 0 Å². The first kappa shape index (κ1) is 41.8. The standard InChI is InChI=1S/C46H46Cl2N2O8/c1-23-19-31-33(21-35(53-5)43(57-9)39(31)45(51)49-25(3)27-11-15-29(47)16-12-27)41(55-7)37(23)38-24(2)20-32-34(42(38)56-8)22-36(54-6)44(58-10)40(32)46(52)50-26(4)28-13-17-30(48)18-14-28/h11-22,25-26H,1-10H3,(H,49,51)(H,50,52). The summed E-state index contributed by atoms with van der Waals surface area (Å²) in [6.07, 6.45) is 0. The molecular weight excluding hydrogens is 779 g/mol. The van der Waals surface area contributed by atoms with Gasteiger partial charge in [0.2, 0.25) is 0 Å². The van der Waals surface area contributed by atoms with E-state index in [0.717, 1.165) is 33.4 Å². The minimum absolute atomic E-state index is 0.279. The highest BCUT2D eigenvalue weighted by atomic mass is 35.5. The van der Waals surface area contributed by atoms with Gasteiger partial charge in [0, 0.05) is 42.7 Å². The van der Waals surface area contributed by atoms with Gasteiger partial charge in [0.25, 0.3) is 11.8 Å². The molecule has 0 fully saturated rings. The zero-order chi connectivity index (χ0) is 42.0. The maximum Gasteiger partial charge on any atom is 0.256 e. The number of ether oxygens (including phenoxy) is 6. The number of carbonyl (C=O) groups is 2. The fraction of sp³-hybridized carbons (Fsp3) is 0.261. The summed E-state index contributed by atoms with van der Waals surface area (Å²) in [6.45, 7) is 7.69. The smallest absolute Gasteiger partial charge is 0.256 e. The second-order valence-electron chi connectivity index (χ2n) is 13.9. The van der Waals surface area contributed by atoms with Crippen LogP contribution in [0.25, 0.3) is 32.7 Å². The number of methoxy groups -OCH3 is 6. The molecule has 0 aliphatic heterocycles. The lowest BCUT2D eigenvalue weighted by Gasteiger charge is -2.24. The van der Waals surface area contributed by atoms with Crippen molar-refractivity contribution in [2.24, 2.45) is 0 Å². The van der Waals surface area contributed by atoms with E-state index >= 15 is 0 Å². The van der Waals surface area contributed by atoms with Crippen molar-refractivity contribution in [3.63, 3.8) is 0 Å². The molecule has 2 atom stereocenters. The monoisotopic (exact) mass is 824 g/mol. The molecule has 6 aromatic rings. The maximum atomic E-state index is 14.3. The third-order valence-electron chi connectivity index (χ3n) is 10.4. The van der Waals surface area contributed by atoms with Gasteiger partial charge in [-0.05, 0) is 98.5 Å². The summed E-state index contributed by atoms with van der Waals surface area (Å²) >= 11 is 12.3. The van der Waals surface area contributed by atoms with Crippen LogP contribution >= 0.6 is 23.2 Å². The van der Waals surface area contributed by atoms with E-state index in [-0.39, 0.29) is 46.5 Å². The molecule has 10 nitrogen and oxygen atoms in total. The van der Waals surface area contributed by atoms with Crippen molar-refractivity contribution in [3.05, 3.63) is 116 Å². The van der Waals surface area contributed by atoms with Crippen LogP contribution < -0.4 is 39.1 Å². The molecule has 0 bridgehead atoms. The summed E-state index contributed by atoms with van der Waals surface area (Å²) in [6, 6.07) is 21.4. The molecule has 6 rings (SSSR count). The number of aryl methyl sites for hydroxylation is 2. The zero-order valence-corrected chi connectivity index (χ0v) is 35.6. The molecule has 0 aliphatic rings. The molecule has 2 unspecified atom stereocenters. The Morgan fingerprint density at radius 2 is 0.810 bits per heavy atom. The van der Waals surface area contributed by atoms with Gasteiger partial charge in [0.15, 0.2) is 23.0 Å². The van der Waals surface area contributed by atoms with E-state index in [9.17, 15) is 9.59 Å². The van der Waals surface area contributed by atoms with Crippen molar-refractivity contribution in [2.45, 2.75) is 39.8 Å². The first-order valence-corrected chi connectivity index (χ1v) is 19.2. The van der Waals surface area contributed by atoms with Crippen molar-refractivity contribution < 1.29 is 38.0 Å². The third-order valence-corrected chi connectivity index (χ3v) is 10.9. The van der Waals surface area contributed by atoms with E-state index in [1.807, 2.05) is 64.1 Å². The molecule has 302 valence electrons. The Hall–Kier alpha value is -5.84. The summed E-state index contributed by atoms with van der Waals surface area (Å²) in [4.78, 5) is 28.6. The van der Waals surface area contributed by atoms with Gasteiger partial charge in [0.1, 0.15) is 11.5 Å². The van der Waals surface area contributed by atoms with E-state index in [0.29, 0.717) is 54.6 Å². The minimum atomic E-state index is -0.367. The molecule has 0 saturated carbocycles. The van der Waals surface area contributed by atoms with Crippen molar-refractivity contribution in [1.29, 1.82) is 0 Å². The van der Waals surface area contributed by atoms with Crippen molar-refractivity contribution >= 4 is 56.6 Å². The Morgan fingerprint density at radius 3 is 1.10 bits per heavy atom. The van der Waals surface area contributed by atoms with Crippen molar-refractivity contribution in [1.82, 2.24) is 10.6 Å². The van der Waals surface area contributed by atoms with E-state index < -0.39 is 0 Å². The summed E-state index contributed by atoms with van der Waals surface area (Å²) < 4.78 is 35.8. The Labute approximate surface area is 348 Å². The zero-order valence-electron chi connectivity index (χ0n) is 34.1. The molecular formula is C46H46Cl2N2O8. The average Bonchev–Trinajstić information content (AvgIpc) is 3.21. The van der Waals surface area contributed by atoms with E-state index in [1.165, 1.54) is 28.4 Å². The van der Waals surface area contributed by atoms with Gasteiger partial charge < -0.3 is 39.1 Å². The number of hydrogen-bond acceptors (Lipinski definition) is 8. The van der Waals surface area contributed by atoms with Crippen LogP contribution in [0.3, 0.4) is 0 Å². The van der Waals surface area contributed by atoms with Gasteiger partial charge >= 0.3 is 0 Å². The average molecular weight is 826 g/mol. The van der Waals surface area contributed by atoms with Crippen molar-refractivity contribution in [3.8, 4) is 45.6 Å². The Kier molecular flexibility index (Phi) is 12.5. The number of hydrogen-bond donors (Lipinski definition) is 2. The van der Waals surface area contributed by atoms with Gasteiger partial charge in [-0.15, -0.1) is 0 Å². The van der Waals surface area contributed by atoms with Crippen LogP contribution in [-0.4, -0.2) is 54.5 Å². The number of rotatable bonds is 13. The van der Waals surface area contributed by atoms with Crippen LogP contribution in [0.2, 0.25) is 10.0 Å². The number of carbonyl (C=O) groups excluding carboxylic acids is 2. The lowest BCUT2D eigenvalue weighted by molar-refractivity contribution is 0.0929. The molecule has 0 heterocycles. The molecule has 0 spiro atoms.